The Morgan fingerprint density at radius 2 is 1.45 bits per heavy atom. The fraction of sp³-hybridized carbons (Fsp3) is 0.800. The van der Waals surface area contributed by atoms with E-state index in [1.165, 1.54) is 31.5 Å². The normalized spacial score (nSPS) is 24.9. The monoisotopic (exact) mass is 538 g/mol. The molecule has 0 bridgehead atoms. The van der Waals surface area contributed by atoms with Crippen molar-refractivity contribution in [1.29, 1.82) is 0 Å². The standard InChI is InChI=1S/C30H49F3N4O/c1-28(2,3)36-15-12-26(13-16-36)34(6)14-11-23-7-9-27(10-8-23)38-22-29(4,5)37-19-24-17-35(18-25(24)20-37)21-30(31,32)33/h7-10,24-26H,11-22H2,1-6H3/t24-,25+. The van der Waals surface area contributed by atoms with Crippen LogP contribution in [0.15, 0.2) is 24.3 Å². The maximum absolute atomic E-state index is 12.8. The van der Waals surface area contributed by atoms with E-state index in [2.05, 4.69) is 80.6 Å². The number of benzene rings is 1. The zero-order valence-corrected chi connectivity index (χ0v) is 24.4. The Hall–Kier alpha value is -1.35. The van der Waals surface area contributed by atoms with Gasteiger partial charge >= 0.3 is 6.18 Å². The molecule has 0 aliphatic carbocycles. The van der Waals surface area contributed by atoms with Gasteiger partial charge in [0.2, 0.25) is 0 Å². The van der Waals surface area contributed by atoms with Crippen LogP contribution in [0.5, 0.6) is 5.75 Å². The molecule has 1 aromatic rings. The number of likely N-dealkylation sites (N-methyl/N-ethyl adjacent to an activating group) is 1. The number of halogens is 3. The lowest BCUT2D eigenvalue weighted by atomic mass is 9.97. The van der Waals surface area contributed by atoms with Gasteiger partial charge in [0.1, 0.15) is 12.4 Å². The molecule has 0 aromatic heterocycles. The first-order valence-electron chi connectivity index (χ1n) is 14.4. The molecule has 0 radical (unpaired) electrons. The fourth-order valence-corrected chi connectivity index (χ4v) is 6.54. The van der Waals surface area contributed by atoms with Gasteiger partial charge in [-0.05, 0) is 90.5 Å². The lowest BCUT2D eigenvalue weighted by molar-refractivity contribution is -0.144. The summed E-state index contributed by atoms with van der Waals surface area (Å²) in [6.45, 7) is 17.2. The fourth-order valence-electron chi connectivity index (χ4n) is 6.54. The van der Waals surface area contributed by atoms with Gasteiger partial charge in [-0.2, -0.15) is 13.2 Å². The molecule has 1 aromatic carbocycles. The third kappa shape index (κ3) is 7.86. The Labute approximate surface area is 228 Å². The van der Waals surface area contributed by atoms with Crippen LogP contribution in [0.25, 0.3) is 0 Å². The number of hydrogen-bond acceptors (Lipinski definition) is 5. The molecule has 0 amide bonds. The summed E-state index contributed by atoms with van der Waals surface area (Å²) in [5.74, 6) is 1.51. The summed E-state index contributed by atoms with van der Waals surface area (Å²) >= 11 is 0. The molecule has 2 atom stereocenters. The molecule has 3 aliphatic heterocycles. The molecule has 3 saturated heterocycles. The zero-order valence-electron chi connectivity index (χ0n) is 24.4. The molecule has 3 aliphatic rings. The van der Waals surface area contributed by atoms with E-state index in [0.717, 1.165) is 31.8 Å². The van der Waals surface area contributed by atoms with Gasteiger partial charge in [0.05, 0.1) is 6.54 Å². The minimum absolute atomic E-state index is 0.164. The van der Waals surface area contributed by atoms with Crippen molar-refractivity contribution in [3.8, 4) is 5.75 Å². The van der Waals surface area contributed by atoms with Gasteiger partial charge in [0, 0.05) is 62.9 Å². The van der Waals surface area contributed by atoms with E-state index in [0.29, 0.717) is 37.6 Å². The van der Waals surface area contributed by atoms with E-state index in [1.54, 1.807) is 4.90 Å². The molecular weight excluding hydrogens is 489 g/mol. The second kappa shape index (κ2) is 11.6. The smallest absolute Gasteiger partial charge is 0.401 e. The molecule has 3 heterocycles. The lowest BCUT2D eigenvalue weighted by Gasteiger charge is -2.43. The minimum atomic E-state index is -4.11. The van der Waals surface area contributed by atoms with Gasteiger partial charge in [-0.3, -0.25) is 14.7 Å². The van der Waals surface area contributed by atoms with Crippen molar-refractivity contribution in [2.45, 2.75) is 77.2 Å². The maximum atomic E-state index is 12.8. The molecule has 216 valence electrons. The van der Waals surface area contributed by atoms with Gasteiger partial charge in [-0.15, -0.1) is 0 Å². The Balaban J connectivity index is 1.17. The number of rotatable bonds is 9. The highest BCUT2D eigenvalue weighted by Gasteiger charge is 2.46. The van der Waals surface area contributed by atoms with Crippen molar-refractivity contribution in [2.24, 2.45) is 11.8 Å². The van der Waals surface area contributed by atoms with E-state index in [-0.39, 0.29) is 11.1 Å². The topological polar surface area (TPSA) is 22.2 Å². The summed E-state index contributed by atoms with van der Waals surface area (Å²) in [4.78, 5) is 9.11. The largest absolute Gasteiger partial charge is 0.492 e. The number of likely N-dealkylation sites (tertiary alicyclic amines) is 3. The van der Waals surface area contributed by atoms with Crippen LogP contribution in [0.4, 0.5) is 13.2 Å². The van der Waals surface area contributed by atoms with E-state index in [9.17, 15) is 13.2 Å². The summed E-state index contributed by atoms with van der Waals surface area (Å²) in [7, 11) is 2.26. The van der Waals surface area contributed by atoms with Gasteiger partial charge in [0.25, 0.3) is 0 Å². The molecule has 3 fully saturated rings. The summed E-state index contributed by atoms with van der Waals surface area (Å²) < 4.78 is 44.5. The third-order valence-corrected chi connectivity index (χ3v) is 9.13. The SMILES string of the molecule is CN(CCc1ccc(OCC(C)(C)N2C[C@H]3CN(CC(F)(F)F)C[C@H]3C2)cc1)C1CCN(C(C)(C)C)CC1. The lowest BCUT2D eigenvalue weighted by Crippen LogP contribution is -2.50. The summed E-state index contributed by atoms with van der Waals surface area (Å²) in [6.07, 6.45) is -0.605. The van der Waals surface area contributed by atoms with Gasteiger partial charge in [-0.25, -0.2) is 0 Å². The van der Waals surface area contributed by atoms with Crippen LogP contribution in [-0.2, 0) is 6.42 Å². The maximum Gasteiger partial charge on any atom is 0.401 e. The molecule has 4 rings (SSSR count). The molecular formula is C30H49F3N4O. The number of nitrogens with zero attached hydrogens (tertiary/aromatic N) is 4. The second-order valence-corrected chi connectivity index (χ2v) is 13.6. The van der Waals surface area contributed by atoms with E-state index in [4.69, 9.17) is 4.74 Å². The Kier molecular flexibility index (Phi) is 9.07. The van der Waals surface area contributed by atoms with Gasteiger partial charge < -0.3 is 9.64 Å². The Morgan fingerprint density at radius 3 is 1.97 bits per heavy atom. The number of hydrogen-bond donors (Lipinski definition) is 0. The Bertz CT molecular complexity index is 876. The number of piperidine rings is 1. The first kappa shape index (κ1) is 29.6. The predicted molar refractivity (Wildman–Crippen MR) is 148 cm³/mol. The first-order valence-corrected chi connectivity index (χ1v) is 14.4. The van der Waals surface area contributed by atoms with Crippen molar-refractivity contribution < 1.29 is 17.9 Å². The van der Waals surface area contributed by atoms with Crippen LogP contribution in [0, 0.1) is 11.8 Å². The van der Waals surface area contributed by atoms with E-state index >= 15 is 0 Å². The summed E-state index contributed by atoms with van der Waals surface area (Å²) in [6, 6.07) is 9.15. The highest BCUT2D eigenvalue weighted by atomic mass is 19.4. The van der Waals surface area contributed by atoms with Crippen LogP contribution in [0.1, 0.15) is 53.0 Å². The van der Waals surface area contributed by atoms with E-state index in [1.807, 2.05) is 0 Å². The van der Waals surface area contributed by atoms with Gasteiger partial charge in [0.15, 0.2) is 0 Å². The molecule has 0 saturated carbocycles. The highest BCUT2D eigenvalue weighted by molar-refractivity contribution is 5.27. The van der Waals surface area contributed by atoms with Crippen molar-refractivity contribution in [1.82, 2.24) is 19.6 Å². The van der Waals surface area contributed by atoms with Crippen molar-refractivity contribution in [3.63, 3.8) is 0 Å². The molecule has 38 heavy (non-hydrogen) atoms. The van der Waals surface area contributed by atoms with Crippen LogP contribution in [0.3, 0.4) is 0 Å². The van der Waals surface area contributed by atoms with Crippen LogP contribution in [-0.4, -0.2) is 109 Å². The molecule has 8 heteroatoms. The summed E-state index contributed by atoms with van der Waals surface area (Å²) in [5, 5.41) is 0. The molecule has 0 spiro atoms. The van der Waals surface area contributed by atoms with Crippen molar-refractivity contribution >= 4 is 0 Å². The number of fused-ring (bicyclic) bond motifs is 1. The van der Waals surface area contributed by atoms with Crippen LogP contribution >= 0.6 is 0 Å². The molecule has 0 N–H and O–H groups in total. The predicted octanol–water partition coefficient (Wildman–Crippen LogP) is 5.01. The Morgan fingerprint density at radius 1 is 0.868 bits per heavy atom. The highest BCUT2D eigenvalue weighted by Crippen LogP contribution is 2.36. The quantitative estimate of drug-likeness (QED) is 0.440. The zero-order chi connectivity index (χ0) is 27.7. The van der Waals surface area contributed by atoms with Crippen molar-refractivity contribution in [3.05, 3.63) is 29.8 Å². The number of alkyl halides is 3. The van der Waals surface area contributed by atoms with E-state index < -0.39 is 12.7 Å². The third-order valence-electron chi connectivity index (χ3n) is 9.13. The van der Waals surface area contributed by atoms with Gasteiger partial charge in [-0.1, -0.05) is 12.1 Å². The summed E-state index contributed by atoms with van der Waals surface area (Å²) in [5.41, 5.74) is 1.42. The van der Waals surface area contributed by atoms with Crippen LogP contribution < -0.4 is 4.74 Å². The first-order chi connectivity index (χ1) is 17.7. The second-order valence-electron chi connectivity index (χ2n) is 13.6. The van der Waals surface area contributed by atoms with Crippen LogP contribution in [0.2, 0.25) is 0 Å². The minimum Gasteiger partial charge on any atom is -0.492 e. The molecule has 5 nitrogen and oxygen atoms in total. The number of ether oxygens (including phenoxy) is 1. The van der Waals surface area contributed by atoms with Crippen molar-refractivity contribution in [2.75, 3.05) is 66.0 Å². The average molecular weight is 539 g/mol. The molecule has 0 unspecified atom stereocenters. The average Bonchev–Trinajstić information content (AvgIpc) is 3.39.